The van der Waals surface area contributed by atoms with Gasteiger partial charge in [-0.05, 0) is 53.2 Å². The van der Waals surface area contributed by atoms with Crippen molar-refractivity contribution < 1.29 is 31.7 Å². The summed E-state index contributed by atoms with van der Waals surface area (Å²) in [4.78, 5) is 23.1. The van der Waals surface area contributed by atoms with Crippen molar-refractivity contribution in [2.75, 3.05) is 20.0 Å². The third-order valence-electron chi connectivity index (χ3n) is 3.95. The van der Waals surface area contributed by atoms with E-state index in [-0.39, 0.29) is 11.0 Å². The van der Waals surface area contributed by atoms with Gasteiger partial charge >= 0.3 is 10.1 Å². The van der Waals surface area contributed by atoms with E-state index in [1.807, 2.05) is 0 Å². The van der Waals surface area contributed by atoms with Crippen molar-refractivity contribution in [1.82, 2.24) is 5.32 Å². The van der Waals surface area contributed by atoms with E-state index >= 15 is 0 Å². The van der Waals surface area contributed by atoms with Crippen LogP contribution >= 0.6 is 11.8 Å². The summed E-state index contributed by atoms with van der Waals surface area (Å²) in [6.07, 6.45) is 3.18. The fourth-order valence-electron chi connectivity index (χ4n) is 2.62. The smallest absolute Gasteiger partial charge is 0.306 e. The third-order valence-corrected chi connectivity index (χ3v) is 5.24. The highest BCUT2D eigenvalue weighted by Crippen LogP contribution is 2.29. The first-order chi connectivity index (χ1) is 14.2. The number of ether oxygens (including phenoxy) is 2. The Bertz CT molecular complexity index is 1090. The van der Waals surface area contributed by atoms with Crippen LogP contribution in [0.5, 0.6) is 17.2 Å². The number of methoxy groups -OCH3 is 1. The molecule has 0 spiro atoms. The average Bonchev–Trinajstić information content (AvgIpc) is 3.00. The van der Waals surface area contributed by atoms with Crippen LogP contribution in [0.1, 0.15) is 11.1 Å². The van der Waals surface area contributed by atoms with Gasteiger partial charge in [-0.25, -0.2) is 0 Å². The van der Waals surface area contributed by atoms with Crippen molar-refractivity contribution in [2.45, 2.75) is 6.42 Å². The van der Waals surface area contributed by atoms with Gasteiger partial charge in [-0.3, -0.25) is 14.9 Å². The maximum atomic E-state index is 11.6. The second kappa shape index (κ2) is 9.23. The molecule has 0 aliphatic carbocycles. The molecule has 30 heavy (non-hydrogen) atoms. The highest BCUT2D eigenvalue weighted by molar-refractivity contribution is 8.18. The minimum atomic E-state index is -3.64. The lowest BCUT2D eigenvalue weighted by Crippen LogP contribution is -2.17. The van der Waals surface area contributed by atoms with Gasteiger partial charge in [-0.2, -0.15) is 8.42 Å². The van der Waals surface area contributed by atoms with Crippen LogP contribution in [0.4, 0.5) is 4.79 Å². The first-order valence-electron chi connectivity index (χ1n) is 8.77. The number of imide groups is 1. The Labute approximate surface area is 178 Å². The SMILES string of the molecule is COc1cc(CCOc2ccc(/C=C3\SC(=O)NC3=O)cc2)ccc1OS(C)(=O)=O. The molecule has 3 rings (SSSR count). The van der Waals surface area contributed by atoms with Gasteiger partial charge in [0.2, 0.25) is 0 Å². The zero-order chi connectivity index (χ0) is 21.7. The summed E-state index contributed by atoms with van der Waals surface area (Å²) in [5, 5.41) is 1.83. The molecule has 1 aliphatic heterocycles. The molecule has 0 saturated carbocycles. The molecule has 1 saturated heterocycles. The predicted octanol–water partition coefficient (Wildman–Crippen LogP) is 2.98. The van der Waals surface area contributed by atoms with Crippen molar-refractivity contribution >= 4 is 39.1 Å². The van der Waals surface area contributed by atoms with Gasteiger partial charge < -0.3 is 13.7 Å². The molecule has 1 N–H and O–H groups in total. The predicted molar refractivity (Wildman–Crippen MR) is 113 cm³/mol. The zero-order valence-corrected chi connectivity index (χ0v) is 17.8. The van der Waals surface area contributed by atoms with E-state index in [9.17, 15) is 18.0 Å². The molecule has 10 heteroatoms. The van der Waals surface area contributed by atoms with Crippen molar-refractivity contribution in [1.29, 1.82) is 0 Å². The van der Waals surface area contributed by atoms with Gasteiger partial charge in [-0.1, -0.05) is 18.2 Å². The lowest BCUT2D eigenvalue weighted by atomic mass is 10.1. The van der Waals surface area contributed by atoms with E-state index in [0.29, 0.717) is 29.4 Å². The molecule has 0 aromatic heterocycles. The lowest BCUT2D eigenvalue weighted by molar-refractivity contribution is -0.115. The molecule has 0 unspecified atom stereocenters. The van der Waals surface area contributed by atoms with Crippen LogP contribution in [-0.4, -0.2) is 39.5 Å². The maximum absolute atomic E-state index is 11.6. The van der Waals surface area contributed by atoms with E-state index in [1.54, 1.807) is 48.5 Å². The van der Waals surface area contributed by atoms with E-state index in [0.717, 1.165) is 29.1 Å². The normalized spacial score (nSPS) is 15.2. The van der Waals surface area contributed by atoms with Gasteiger partial charge in [0.25, 0.3) is 11.1 Å². The van der Waals surface area contributed by atoms with Crippen LogP contribution in [0.25, 0.3) is 6.08 Å². The van der Waals surface area contributed by atoms with Crippen LogP contribution < -0.4 is 19.0 Å². The minimum Gasteiger partial charge on any atom is -0.493 e. The summed E-state index contributed by atoms with van der Waals surface area (Å²) in [5.41, 5.74) is 1.67. The number of carbonyl (C=O) groups is 2. The first-order valence-corrected chi connectivity index (χ1v) is 11.4. The van der Waals surface area contributed by atoms with Crippen LogP contribution in [0.2, 0.25) is 0 Å². The number of hydrogen-bond donors (Lipinski definition) is 1. The number of carbonyl (C=O) groups excluding carboxylic acids is 2. The fourth-order valence-corrected chi connectivity index (χ4v) is 3.76. The molecular formula is C20H19NO7S2. The zero-order valence-electron chi connectivity index (χ0n) is 16.2. The molecule has 2 amide bonds. The van der Waals surface area contributed by atoms with Crippen LogP contribution in [0.3, 0.4) is 0 Å². The topological polar surface area (TPSA) is 108 Å². The standard InChI is InChI=1S/C20H19NO7S2/c1-26-17-11-14(5-8-16(17)28-30(2,24)25)9-10-27-15-6-3-13(4-7-15)12-18-19(22)21-20(23)29-18/h3-8,11-12H,9-10H2,1-2H3,(H,21,22,23)/b18-12-. The minimum absolute atomic E-state index is 0.130. The van der Waals surface area contributed by atoms with E-state index in [2.05, 4.69) is 5.32 Å². The third kappa shape index (κ3) is 6.01. The monoisotopic (exact) mass is 449 g/mol. The molecule has 0 bridgehead atoms. The quantitative estimate of drug-likeness (QED) is 0.484. The Kier molecular flexibility index (Phi) is 6.68. The molecule has 8 nitrogen and oxygen atoms in total. The highest BCUT2D eigenvalue weighted by atomic mass is 32.2. The molecule has 1 fully saturated rings. The van der Waals surface area contributed by atoms with Gasteiger partial charge in [0, 0.05) is 6.42 Å². The van der Waals surface area contributed by atoms with Crippen molar-refractivity contribution in [3.8, 4) is 17.2 Å². The van der Waals surface area contributed by atoms with Gasteiger partial charge in [0.05, 0.1) is 24.9 Å². The molecule has 0 radical (unpaired) electrons. The van der Waals surface area contributed by atoms with Crippen molar-refractivity contribution in [3.05, 3.63) is 58.5 Å². The summed E-state index contributed by atoms with van der Waals surface area (Å²) in [7, 11) is -2.21. The number of rotatable bonds is 8. The summed E-state index contributed by atoms with van der Waals surface area (Å²) in [5.74, 6) is 0.710. The molecule has 1 aliphatic rings. The molecular weight excluding hydrogens is 430 g/mol. The second-order valence-corrected chi connectivity index (χ2v) is 8.88. The van der Waals surface area contributed by atoms with Crippen molar-refractivity contribution in [2.24, 2.45) is 0 Å². The van der Waals surface area contributed by atoms with E-state index in [4.69, 9.17) is 13.7 Å². The maximum Gasteiger partial charge on any atom is 0.306 e. The number of nitrogens with one attached hydrogen (secondary N) is 1. The Morgan fingerprint density at radius 3 is 2.40 bits per heavy atom. The van der Waals surface area contributed by atoms with Crippen LogP contribution in [0.15, 0.2) is 47.4 Å². The van der Waals surface area contributed by atoms with E-state index < -0.39 is 16.0 Å². The molecule has 2 aromatic rings. The lowest BCUT2D eigenvalue weighted by Gasteiger charge is -2.11. The van der Waals surface area contributed by atoms with Crippen LogP contribution in [0, 0.1) is 0 Å². The van der Waals surface area contributed by atoms with Gasteiger partial charge in [-0.15, -0.1) is 0 Å². The molecule has 0 atom stereocenters. The Morgan fingerprint density at radius 1 is 1.07 bits per heavy atom. The van der Waals surface area contributed by atoms with Crippen molar-refractivity contribution in [3.63, 3.8) is 0 Å². The van der Waals surface area contributed by atoms with Gasteiger partial charge in [0.1, 0.15) is 5.75 Å². The largest absolute Gasteiger partial charge is 0.493 e. The highest BCUT2D eigenvalue weighted by Gasteiger charge is 2.24. The number of hydrogen-bond acceptors (Lipinski definition) is 8. The average molecular weight is 450 g/mol. The second-order valence-electron chi connectivity index (χ2n) is 6.29. The number of thioether (sulfide) groups is 1. The number of benzene rings is 2. The Hall–Kier alpha value is -2.98. The Balaban J connectivity index is 1.57. The number of amides is 2. The first kappa shape index (κ1) is 21.7. The van der Waals surface area contributed by atoms with E-state index in [1.165, 1.54) is 7.11 Å². The summed E-state index contributed by atoms with van der Waals surface area (Å²) < 4.78 is 38.4. The summed E-state index contributed by atoms with van der Waals surface area (Å²) >= 11 is 0.869. The van der Waals surface area contributed by atoms with Gasteiger partial charge in [0.15, 0.2) is 11.5 Å². The molecule has 158 valence electrons. The molecule has 1 heterocycles. The fraction of sp³-hybridized carbons (Fsp3) is 0.200. The van der Waals surface area contributed by atoms with Crippen LogP contribution in [-0.2, 0) is 21.3 Å². The Morgan fingerprint density at radius 2 is 1.80 bits per heavy atom. The summed E-state index contributed by atoms with van der Waals surface area (Å²) in [6.45, 7) is 0.391. The summed E-state index contributed by atoms with van der Waals surface area (Å²) in [6, 6.07) is 12.1. The molecule has 2 aromatic carbocycles.